The van der Waals surface area contributed by atoms with Crippen LogP contribution >= 0.6 is 0 Å². The number of fused-ring (bicyclic) bond motifs is 1. The summed E-state index contributed by atoms with van der Waals surface area (Å²) >= 11 is 0. The summed E-state index contributed by atoms with van der Waals surface area (Å²) in [4.78, 5) is 37.6. The van der Waals surface area contributed by atoms with E-state index in [0.29, 0.717) is 0 Å². The second kappa shape index (κ2) is 8.45. The quantitative estimate of drug-likeness (QED) is 0.536. The summed E-state index contributed by atoms with van der Waals surface area (Å²) in [5.41, 5.74) is -2.51. The Labute approximate surface area is 172 Å². The average Bonchev–Trinajstić information content (AvgIpc) is 2.55. The van der Waals surface area contributed by atoms with Crippen molar-refractivity contribution in [3.8, 4) is 0 Å². The van der Waals surface area contributed by atoms with Crippen LogP contribution in [0.2, 0.25) is 0 Å². The standard InChI is InChI=1S/C20H25F2N3O5/c1-19(2,3)29-17(27)11(18(28)30-20(4,5)6)7-8-25-16(26)12-9-13(21)14(22)10-15(12)23-24-25/h9-11H,7-8H2,1-6H3. The van der Waals surface area contributed by atoms with Gasteiger partial charge in [0.05, 0.1) is 5.39 Å². The molecule has 0 fully saturated rings. The minimum absolute atomic E-state index is 0.106. The number of carbonyl (C=O) groups excluding carboxylic acids is 2. The number of esters is 2. The van der Waals surface area contributed by atoms with Gasteiger partial charge in [0.15, 0.2) is 17.6 Å². The molecule has 10 heteroatoms. The molecule has 1 aromatic carbocycles. The van der Waals surface area contributed by atoms with Crippen LogP contribution in [0.1, 0.15) is 48.0 Å². The maximum Gasteiger partial charge on any atom is 0.320 e. The summed E-state index contributed by atoms with van der Waals surface area (Å²) in [5.74, 6) is -5.25. The van der Waals surface area contributed by atoms with E-state index in [9.17, 15) is 23.2 Å². The number of ether oxygens (including phenoxy) is 2. The van der Waals surface area contributed by atoms with Gasteiger partial charge in [-0.05, 0) is 54.0 Å². The molecule has 0 amide bonds. The Morgan fingerprint density at radius 1 is 1.00 bits per heavy atom. The zero-order valence-corrected chi connectivity index (χ0v) is 17.8. The van der Waals surface area contributed by atoms with Crippen LogP contribution < -0.4 is 5.56 Å². The molecule has 0 radical (unpaired) electrons. The van der Waals surface area contributed by atoms with Gasteiger partial charge in [-0.25, -0.2) is 13.5 Å². The van der Waals surface area contributed by atoms with Crippen LogP contribution in [0.25, 0.3) is 10.9 Å². The van der Waals surface area contributed by atoms with Crippen molar-refractivity contribution < 1.29 is 27.8 Å². The van der Waals surface area contributed by atoms with Gasteiger partial charge in [-0.15, -0.1) is 5.10 Å². The van der Waals surface area contributed by atoms with Crippen LogP contribution in [0.3, 0.4) is 0 Å². The molecule has 0 saturated carbocycles. The number of aryl methyl sites for hydroxylation is 1. The first kappa shape index (κ1) is 23.4. The Kier molecular flexibility index (Phi) is 6.58. The first-order valence-corrected chi connectivity index (χ1v) is 9.36. The Morgan fingerprint density at radius 2 is 1.50 bits per heavy atom. The molecule has 0 bridgehead atoms. The van der Waals surface area contributed by atoms with E-state index in [4.69, 9.17) is 9.47 Å². The Balaban J connectivity index is 2.31. The van der Waals surface area contributed by atoms with Crippen molar-refractivity contribution >= 4 is 22.8 Å². The number of aromatic nitrogens is 3. The normalized spacial score (nSPS) is 12.3. The Bertz CT molecular complexity index is 994. The minimum Gasteiger partial charge on any atom is -0.459 e. The maximum atomic E-state index is 13.5. The number of halogens is 2. The molecule has 2 rings (SSSR count). The molecule has 2 aromatic rings. The van der Waals surface area contributed by atoms with E-state index in [0.717, 1.165) is 16.8 Å². The van der Waals surface area contributed by atoms with Crippen molar-refractivity contribution in [2.24, 2.45) is 5.92 Å². The van der Waals surface area contributed by atoms with E-state index < -0.39 is 46.3 Å². The zero-order chi connectivity index (χ0) is 22.9. The Hall–Kier alpha value is -2.91. The monoisotopic (exact) mass is 425 g/mol. The lowest BCUT2D eigenvalue weighted by atomic mass is 10.0. The number of rotatable bonds is 5. The number of benzene rings is 1. The van der Waals surface area contributed by atoms with Crippen molar-refractivity contribution in [1.82, 2.24) is 15.0 Å². The highest BCUT2D eigenvalue weighted by molar-refractivity contribution is 5.95. The van der Waals surface area contributed by atoms with Crippen LogP contribution in [-0.2, 0) is 25.6 Å². The van der Waals surface area contributed by atoms with Crippen molar-refractivity contribution in [3.63, 3.8) is 0 Å². The van der Waals surface area contributed by atoms with Gasteiger partial charge in [-0.2, -0.15) is 0 Å². The Morgan fingerprint density at radius 3 is 2.00 bits per heavy atom. The molecule has 0 aliphatic heterocycles. The number of carbonyl (C=O) groups is 2. The first-order valence-electron chi connectivity index (χ1n) is 9.36. The summed E-state index contributed by atoms with van der Waals surface area (Å²) in [6.07, 6.45) is -0.159. The van der Waals surface area contributed by atoms with Crippen LogP contribution in [-0.4, -0.2) is 38.1 Å². The highest BCUT2D eigenvalue weighted by Crippen LogP contribution is 2.19. The molecule has 0 N–H and O–H groups in total. The molecule has 1 aromatic heterocycles. The van der Waals surface area contributed by atoms with E-state index in [1.54, 1.807) is 41.5 Å². The topological polar surface area (TPSA) is 100 Å². The van der Waals surface area contributed by atoms with Gasteiger partial charge in [0.25, 0.3) is 5.56 Å². The molecule has 0 spiro atoms. The third kappa shape index (κ3) is 6.04. The van der Waals surface area contributed by atoms with Gasteiger partial charge in [0, 0.05) is 12.6 Å². The second-order valence-electron chi connectivity index (χ2n) is 8.81. The highest BCUT2D eigenvalue weighted by Gasteiger charge is 2.34. The SMILES string of the molecule is CC(C)(C)OC(=O)C(CCn1nnc2cc(F)c(F)cc2c1=O)C(=O)OC(C)(C)C. The zero-order valence-electron chi connectivity index (χ0n) is 17.8. The molecule has 1 heterocycles. The summed E-state index contributed by atoms with van der Waals surface area (Å²) in [6.45, 7) is 9.75. The fourth-order valence-corrected chi connectivity index (χ4v) is 2.55. The van der Waals surface area contributed by atoms with E-state index in [2.05, 4.69) is 10.3 Å². The highest BCUT2D eigenvalue weighted by atomic mass is 19.2. The second-order valence-corrected chi connectivity index (χ2v) is 8.81. The molecule has 0 atom stereocenters. The third-order valence-corrected chi connectivity index (χ3v) is 3.78. The van der Waals surface area contributed by atoms with Crippen molar-refractivity contribution in [2.45, 2.75) is 65.7 Å². The van der Waals surface area contributed by atoms with E-state index in [1.165, 1.54) is 0 Å². The lowest BCUT2D eigenvalue weighted by Gasteiger charge is -2.26. The summed E-state index contributed by atoms with van der Waals surface area (Å²) in [6, 6.07) is 1.50. The van der Waals surface area contributed by atoms with Gasteiger partial charge in [-0.3, -0.25) is 14.4 Å². The molecule has 0 unspecified atom stereocenters. The molecule has 8 nitrogen and oxygen atoms in total. The molecule has 0 aliphatic carbocycles. The van der Waals surface area contributed by atoms with Crippen molar-refractivity contribution in [3.05, 3.63) is 34.1 Å². The smallest absolute Gasteiger partial charge is 0.320 e. The average molecular weight is 425 g/mol. The van der Waals surface area contributed by atoms with E-state index >= 15 is 0 Å². The van der Waals surface area contributed by atoms with Gasteiger partial charge >= 0.3 is 11.9 Å². The molecule has 164 valence electrons. The molecular formula is C20H25F2N3O5. The number of hydrogen-bond acceptors (Lipinski definition) is 7. The van der Waals surface area contributed by atoms with E-state index in [1.807, 2.05) is 0 Å². The van der Waals surface area contributed by atoms with Crippen molar-refractivity contribution in [1.29, 1.82) is 0 Å². The predicted octanol–water partition coefficient (Wildman–Crippen LogP) is 2.76. The molecule has 30 heavy (non-hydrogen) atoms. The summed E-state index contributed by atoms with van der Waals surface area (Å²) in [5, 5.41) is 7.21. The number of nitrogens with zero attached hydrogens (tertiary/aromatic N) is 3. The van der Waals surface area contributed by atoms with Crippen LogP contribution in [0.5, 0.6) is 0 Å². The number of hydrogen-bond donors (Lipinski definition) is 0. The van der Waals surface area contributed by atoms with Gasteiger partial charge in [0.2, 0.25) is 0 Å². The van der Waals surface area contributed by atoms with Gasteiger partial charge in [0.1, 0.15) is 16.7 Å². The third-order valence-electron chi connectivity index (χ3n) is 3.78. The van der Waals surface area contributed by atoms with Crippen LogP contribution in [0, 0.1) is 17.6 Å². The minimum atomic E-state index is -1.31. The maximum absolute atomic E-state index is 13.5. The van der Waals surface area contributed by atoms with Crippen LogP contribution in [0.4, 0.5) is 8.78 Å². The first-order chi connectivity index (χ1) is 13.7. The van der Waals surface area contributed by atoms with Crippen LogP contribution in [0.15, 0.2) is 16.9 Å². The van der Waals surface area contributed by atoms with E-state index in [-0.39, 0.29) is 23.9 Å². The molecule has 0 saturated heterocycles. The fourth-order valence-electron chi connectivity index (χ4n) is 2.55. The molecular weight excluding hydrogens is 400 g/mol. The van der Waals surface area contributed by atoms with Gasteiger partial charge in [-0.1, -0.05) is 5.21 Å². The summed E-state index contributed by atoms with van der Waals surface area (Å²) < 4.78 is 38.3. The lowest BCUT2D eigenvalue weighted by Crippen LogP contribution is -2.38. The lowest BCUT2D eigenvalue weighted by molar-refractivity contribution is -0.174. The van der Waals surface area contributed by atoms with Gasteiger partial charge < -0.3 is 9.47 Å². The predicted molar refractivity (Wildman–Crippen MR) is 104 cm³/mol. The molecule has 0 aliphatic rings. The fraction of sp³-hybridized carbons (Fsp3) is 0.550. The van der Waals surface area contributed by atoms with Crippen molar-refractivity contribution in [2.75, 3.05) is 0 Å². The summed E-state index contributed by atoms with van der Waals surface area (Å²) in [7, 11) is 0. The largest absolute Gasteiger partial charge is 0.459 e.